The van der Waals surface area contributed by atoms with Gasteiger partial charge in [0.25, 0.3) is 5.91 Å². The van der Waals surface area contributed by atoms with Crippen LogP contribution in [0.2, 0.25) is 0 Å². The van der Waals surface area contributed by atoms with Crippen molar-refractivity contribution in [2.24, 2.45) is 10.7 Å². The fraction of sp³-hybridized carbons (Fsp3) is 0.269. The van der Waals surface area contributed by atoms with Crippen LogP contribution in [-0.2, 0) is 16.8 Å². The van der Waals surface area contributed by atoms with Gasteiger partial charge in [-0.25, -0.2) is 9.98 Å². The second-order valence-electron chi connectivity index (χ2n) is 9.18. The van der Waals surface area contributed by atoms with E-state index >= 15 is 0 Å². The lowest BCUT2D eigenvalue weighted by atomic mass is 9.74. The highest BCUT2D eigenvalue weighted by molar-refractivity contribution is 6.07. The van der Waals surface area contributed by atoms with Crippen LogP contribution in [0.5, 0.6) is 11.5 Å². The smallest absolute Gasteiger partial charge is 0.387 e. The zero-order chi connectivity index (χ0) is 25.7. The van der Waals surface area contributed by atoms with Gasteiger partial charge in [-0.05, 0) is 54.4 Å². The van der Waals surface area contributed by atoms with Gasteiger partial charge < -0.3 is 15.2 Å². The van der Waals surface area contributed by atoms with E-state index in [4.69, 9.17) is 10.5 Å². The molecule has 186 valence electrons. The number of aliphatic imine (C=N–C) groups is 1. The number of hydrogen-bond acceptors (Lipinski definition) is 6. The first-order chi connectivity index (χ1) is 17.1. The third kappa shape index (κ3) is 4.02. The number of benzene rings is 2. The Labute approximate surface area is 205 Å². The van der Waals surface area contributed by atoms with Crippen molar-refractivity contribution in [1.82, 2.24) is 9.88 Å². The molecule has 36 heavy (non-hydrogen) atoms. The van der Waals surface area contributed by atoms with Crippen LogP contribution in [0.1, 0.15) is 24.5 Å². The second kappa shape index (κ2) is 8.54. The van der Waals surface area contributed by atoms with Gasteiger partial charge in [-0.3, -0.25) is 9.69 Å². The van der Waals surface area contributed by atoms with Gasteiger partial charge in [-0.15, -0.1) is 0 Å². The highest BCUT2D eigenvalue weighted by Crippen LogP contribution is 2.50. The summed E-state index contributed by atoms with van der Waals surface area (Å²) in [7, 11) is 1.55. The molecule has 0 radical (unpaired) electrons. The van der Waals surface area contributed by atoms with E-state index in [0.717, 1.165) is 5.56 Å². The first kappa shape index (κ1) is 23.7. The molecule has 2 aliphatic heterocycles. The Morgan fingerprint density at radius 2 is 1.94 bits per heavy atom. The number of aromatic nitrogens is 1. The summed E-state index contributed by atoms with van der Waals surface area (Å²) in [6.07, 6.45) is 1.87. The largest absolute Gasteiger partial charge is 0.487 e. The number of halogens is 3. The molecule has 2 atom stereocenters. The molecule has 2 unspecified atom stereocenters. The number of alkyl halides is 2. The molecule has 0 saturated carbocycles. The zero-order valence-electron chi connectivity index (χ0n) is 19.5. The molecule has 2 aliphatic rings. The molecule has 3 aromatic rings. The predicted octanol–water partition coefficient (Wildman–Crippen LogP) is 4.26. The SMILES string of the molecule is CN1C(=O)C2(CC(C)(Cc3ccc(OC(F)F)cc3)Oc3ccc(-c4cccnc4F)cc32)N=C1N. The van der Waals surface area contributed by atoms with Crippen molar-refractivity contribution < 1.29 is 27.4 Å². The van der Waals surface area contributed by atoms with E-state index in [9.17, 15) is 18.0 Å². The quantitative estimate of drug-likeness (QED) is 0.534. The number of nitrogens with zero attached hydrogens (tertiary/aromatic N) is 3. The molecule has 7 nitrogen and oxygen atoms in total. The van der Waals surface area contributed by atoms with Gasteiger partial charge in [0.15, 0.2) is 11.5 Å². The van der Waals surface area contributed by atoms with Gasteiger partial charge in [0, 0.05) is 37.2 Å². The van der Waals surface area contributed by atoms with Crippen LogP contribution in [0.25, 0.3) is 11.1 Å². The van der Waals surface area contributed by atoms with Crippen molar-refractivity contribution >= 4 is 11.9 Å². The lowest BCUT2D eigenvalue weighted by molar-refractivity contribution is -0.133. The summed E-state index contributed by atoms with van der Waals surface area (Å²) < 4.78 is 50.2. The van der Waals surface area contributed by atoms with Crippen LogP contribution in [0, 0.1) is 5.95 Å². The van der Waals surface area contributed by atoms with E-state index in [0.29, 0.717) is 23.3 Å². The van der Waals surface area contributed by atoms with Crippen LogP contribution in [0.15, 0.2) is 65.8 Å². The molecule has 10 heteroatoms. The third-order valence-electron chi connectivity index (χ3n) is 6.52. The Balaban J connectivity index is 1.56. The van der Waals surface area contributed by atoms with Gasteiger partial charge in [0.05, 0.1) is 0 Å². The number of ether oxygens (including phenoxy) is 2. The number of carbonyl (C=O) groups is 1. The molecule has 1 aromatic heterocycles. The Morgan fingerprint density at radius 3 is 2.58 bits per heavy atom. The van der Waals surface area contributed by atoms with Crippen molar-refractivity contribution in [3.8, 4) is 22.6 Å². The summed E-state index contributed by atoms with van der Waals surface area (Å²) in [6, 6.07) is 14.6. The number of likely N-dealkylation sites (N-methyl/N-ethyl adjacent to an activating group) is 1. The van der Waals surface area contributed by atoms with Gasteiger partial charge in [-0.1, -0.05) is 18.2 Å². The van der Waals surface area contributed by atoms with Gasteiger partial charge in [-0.2, -0.15) is 13.2 Å². The molecule has 0 saturated heterocycles. The van der Waals surface area contributed by atoms with Crippen LogP contribution in [-0.4, -0.2) is 41.0 Å². The minimum atomic E-state index is -2.91. The number of guanidine groups is 1. The van der Waals surface area contributed by atoms with Crippen molar-refractivity contribution in [3.63, 3.8) is 0 Å². The van der Waals surface area contributed by atoms with Gasteiger partial charge >= 0.3 is 6.61 Å². The Bertz CT molecular complexity index is 1360. The maximum Gasteiger partial charge on any atom is 0.387 e. The molecule has 1 spiro atoms. The normalized spacial score (nSPS) is 23.0. The fourth-order valence-electron chi connectivity index (χ4n) is 4.96. The number of rotatable bonds is 5. The number of nitrogens with two attached hydrogens (primary N) is 1. The summed E-state index contributed by atoms with van der Waals surface area (Å²) in [5.41, 5.74) is 5.89. The maximum absolute atomic E-state index is 14.4. The average Bonchev–Trinajstić information content (AvgIpc) is 3.03. The van der Waals surface area contributed by atoms with E-state index in [2.05, 4.69) is 14.7 Å². The summed E-state index contributed by atoms with van der Waals surface area (Å²) in [5, 5.41) is 0. The van der Waals surface area contributed by atoms with Crippen molar-refractivity contribution in [2.75, 3.05) is 7.05 Å². The first-order valence-electron chi connectivity index (χ1n) is 11.2. The minimum Gasteiger partial charge on any atom is -0.487 e. The first-order valence-corrected chi connectivity index (χ1v) is 11.2. The van der Waals surface area contributed by atoms with Crippen LogP contribution >= 0.6 is 0 Å². The van der Waals surface area contributed by atoms with Crippen LogP contribution in [0.3, 0.4) is 0 Å². The molecule has 5 rings (SSSR count). The molecule has 0 fully saturated rings. The summed E-state index contributed by atoms with van der Waals surface area (Å²) in [6.45, 7) is -1.06. The number of fused-ring (bicyclic) bond motifs is 2. The number of pyridine rings is 1. The molecular formula is C26H23F3N4O3. The van der Waals surface area contributed by atoms with Crippen LogP contribution in [0.4, 0.5) is 13.2 Å². The number of carbonyl (C=O) groups excluding carboxylic acids is 1. The Morgan fingerprint density at radius 1 is 1.19 bits per heavy atom. The highest BCUT2D eigenvalue weighted by Gasteiger charge is 2.56. The van der Waals surface area contributed by atoms with Crippen LogP contribution < -0.4 is 15.2 Å². The molecule has 0 bridgehead atoms. The van der Waals surface area contributed by atoms with Gasteiger partial charge in [0.2, 0.25) is 5.95 Å². The highest BCUT2D eigenvalue weighted by atomic mass is 19.3. The predicted molar refractivity (Wildman–Crippen MR) is 126 cm³/mol. The monoisotopic (exact) mass is 496 g/mol. The topological polar surface area (TPSA) is 90.0 Å². The maximum atomic E-state index is 14.4. The average molecular weight is 496 g/mol. The van der Waals surface area contributed by atoms with E-state index in [-0.39, 0.29) is 29.6 Å². The summed E-state index contributed by atoms with van der Waals surface area (Å²) >= 11 is 0. The molecule has 0 aliphatic carbocycles. The lowest BCUT2D eigenvalue weighted by Crippen LogP contribution is -2.51. The number of hydrogen-bond donors (Lipinski definition) is 1. The second-order valence-corrected chi connectivity index (χ2v) is 9.18. The molecular weight excluding hydrogens is 473 g/mol. The van der Waals surface area contributed by atoms with Gasteiger partial charge in [0.1, 0.15) is 17.1 Å². The van der Waals surface area contributed by atoms with Crippen molar-refractivity contribution in [3.05, 3.63) is 77.9 Å². The molecule has 1 amide bonds. The van der Waals surface area contributed by atoms with E-state index in [1.54, 1.807) is 49.5 Å². The molecule has 2 aromatic carbocycles. The van der Waals surface area contributed by atoms with Crippen molar-refractivity contribution in [2.45, 2.75) is 37.5 Å². The minimum absolute atomic E-state index is 0.0467. The Hall–Kier alpha value is -4.08. The third-order valence-corrected chi connectivity index (χ3v) is 6.52. The summed E-state index contributed by atoms with van der Waals surface area (Å²) in [5.74, 6) is -0.410. The van der Waals surface area contributed by atoms with E-state index in [1.165, 1.54) is 23.2 Å². The Kier molecular flexibility index (Phi) is 5.61. The lowest BCUT2D eigenvalue weighted by Gasteiger charge is -2.43. The standard InChI is InChI=1S/C26H23F3N4O3/c1-25(13-15-5-8-17(9-6-15)35-23(28)29)14-26(22(34)33(2)24(30)32-26)19-12-16(7-10-20(19)36-25)18-4-3-11-31-21(18)27/h3-12,23H,13-14H2,1-2H3,(H2,30,32). The fourth-order valence-corrected chi connectivity index (χ4v) is 4.96. The summed E-state index contributed by atoms with van der Waals surface area (Å²) in [4.78, 5) is 23.2. The molecule has 3 heterocycles. The molecule has 2 N–H and O–H groups in total. The van der Waals surface area contributed by atoms with E-state index < -0.39 is 23.7 Å². The van der Waals surface area contributed by atoms with E-state index in [1.807, 2.05) is 6.92 Å². The zero-order valence-corrected chi connectivity index (χ0v) is 19.5. The number of amides is 1. The van der Waals surface area contributed by atoms with Crippen molar-refractivity contribution in [1.29, 1.82) is 0 Å².